The van der Waals surface area contributed by atoms with Crippen LogP contribution in [0.15, 0.2) is 47.4 Å². The van der Waals surface area contributed by atoms with Crippen molar-refractivity contribution in [2.75, 3.05) is 32.6 Å². The average molecular weight is 436 g/mol. The van der Waals surface area contributed by atoms with Crippen LogP contribution in [-0.2, 0) is 14.8 Å². The fraction of sp³-hybridized carbons (Fsp3) is 0.300. The number of sulfonamides is 1. The summed E-state index contributed by atoms with van der Waals surface area (Å²) >= 11 is 0. The fourth-order valence-electron chi connectivity index (χ4n) is 2.54. The average Bonchev–Trinajstić information content (AvgIpc) is 2.73. The summed E-state index contributed by atoms with van der Waals surface area (Å²) in [5, 5.41) is 5.32. The van der Waals surface area contributed by atoms with Crippen molar-refractivity contribution in [2.45, 2.75) is 18.2 Å². The summed E-state index contributed by atoms with van der Waals surface area (Å²) in [5.41, 5.74) is 0.809. The third kappa shape index (κ3) is 6.46. The molecule has 0 fully saturated rings. The van der Waals surface area contributed by atoms with Crippen LogP contribution in [0, 0.1) is 0 Å². The van der Waals surface area contributed by atoms with Crippen molar-refractivity contribution >= 4 is 27.5 Å². The van der Waals surface area contributed by atoms with Gasteiger partial charge in [0.05, 0.1) is 19.1 Å². The third-order valence-corrected chi connectivity index (χ3v) is 5.60. The lowest BCUT2D eigenvalue weighted by molar-refractivity contribution is -0.116. The predicted octanol–water partition coefficient (Wildman–Crippen LogP) is 1.76. The number of nitrogens with one attached hydrogen (secondary N) is 3. The van der Waals surface area contributed by atoms with Crippen LogP contribution in [0.25, 0.3) is 0 Å². The van der Waals surface area contributed by atoms with Crippen LogP contribution in [0.2, 0.25) is 0 Å². The highest BCUT2D eigenvalue weighted by Gasteiger charge is 2.13. The predicted molar refractivity (Wildman–Crippen MR) is 112 cm³/mol. The number of carbonyl (C=O) groups is 2. The Labute approximate surface area is 175 Å². The molecule has 0 aliphatic carbocycles. The van der Waals surface area contributed by atoms with E-state index in [0.717, 1.165) is 0 Å². The lowest BCUT2D eigenvalue weighted by Gasteiger charge is -2.10. The largest absolute Gasteiger partial charge is 0.497 e. The van der Waals surface area contributed by atoms with Crippen molar-refractivity contribution in [2.24, 2.45) is 0 Å². The van der Waals surface area contributed by atoms with Crippen LogP contribution < -0.4 is 24.8 Å². The minimum absolute atomic E-state index is 0.0459. The Hall–Kier alpha value is -3.11. The van der Waals surface area contributed by atoms with Gasteiger partial charge in [0.2, 0.25) is 15.9 Å². The molecule has 10 heteroatoms. The Morgan fingerprint density at radius 3 is 2.10 bits per heavy atom. The molecule has 2 amide bonds. The third-order valence-electron chi connectivity index (χ3n) is 4.03. The summed E-state index contributed by atoms with van der Waals surface area (Å²) in [7, 11) is -0.566. The Balaban J connectivity index is 1.87. The van der Waals surface area contributed by atoms with Gasteiger partial charge < -0.3 is 20.1 Å². The number of ether oxygens (including phenoxy) is 2. The number of methoxy groups -OCH3 is 2. The minimum Gasteiger partial charge on any atom is -0.497 e. The smallest absolute Gasteiger partial charge is 0.251 e. The van der Waals surface area contributed by atoms with Gasteiger partial charge in [0.15, 0.2) is 0 Å². The van der Waals surface area contributed by atoms with E-state index in [1.165, 1.54) is 38.5 Å². The molecule has 0 aliphatic heterocycles. The molecule has 2 rings (SSSR count). The van der Waals surface area contributed by atoms with E-state index in [2.05, 4.69) is 15.4 Å². The van der Waals surface area contributed by atoms with Crippen LogP contribution in [0.4, 0.5) is 5.69 Å². The molecule has 0 heterocycles. The van der Waals surface area contributed by atoms with E-state index in [-0.39, 0.29) is 36.2 Å². The Kier molecular flexibility index (Phi) is 8.19. The van der Waals surface area contributed by atoms with Gasteiger partial charge in [-0.15, -0.1) is 0 Å². The number of hydrogen-bond acceptors (Lipinski definition) is 6. The zero-order valence-electron chi connectivity index (χ0n) is 17.0. The molecule has 0 spiro atoms. The Bertz CT molecular complexity index is 968. The van der Waals surface area contributed by atoms with Gasteiger partial charge >= 0.3 is 0 Å². The molecule has 0 saturated heterocycles. The molecule has 30 heavy (non-hydrogen) atoms. The highest BCUT2D eigenvalue weighted by molar-refractivity contribution is 7.89. The molecule has 9 nitrogen and oxygen atoms in total. The van der Waals surface area contributed by atoms with Gasteiger partial charge in [-0.1, -0.05) is 6.92 Å². The lowest BCUT2D eigenvalue weighted by Crippen LogP contribution is -2.27. The maximum absolute atomic E-state index is 12.3. The zero-order valence-corrected chi connectivity index (χ0v) is 17.8. The first-order valence-electron chi connectivity index (χ1n) is 9.20. The molecule has 0 unspecified atom stereocenters. The normalized spacial score (nSPS) is 10.9. The van der Waals surface area contributed by atoms with Gasteiger partial charge in [-0.05, 0) is 36.4 Å². The van der Waals surface area contributed by atoms with Crippen molar-refractivity contribution in [1.29, 1.82) is 0 Å². The van der Waals surface area contributed by atoms with Crippen LogP contribution in [0.5, 0.6) is 11.5 Å². The highest BCUT2D eigenvalue weighted by Crippen LogP contribution is 2.22. The highest BCUT2D eigenvalue weighted by atomic mass is 32.2. The summed E-state index contributed by atoms with van der Waals surface area (Å²) in [6.07, 6.45) is 0.0459. The summed E-state index contributed by atoms with van der Waals surface area (Å²) < 4.78 is 36.5. The summed E-state index contributed by atoms with van der Waals surface area (Å²) in [4.78, 5) is 24.5. The van der Waals surface area contributed by atoms with Crippen molar-refractivity contribution in [3.63, 3.8) is 0 Å². The second kappa shape index (κ2) is 10.6. The van der Waals surface area contributed by atoms with E-state index in [4.69, 9.17) is 9.47 Å². The Morgan fingerprint density at radius 1 is 0.967 bits per heavy atom. The number of hydrogen-bond donors (Lipinski definition) is 3. The van der Waals surface area contributed by atoms with E-state index in [1.54, 1.807) is 25.1 Å². The van der Waals surface area contributed by atoms with E-state index in [1.807, 2.05) is 0 Å². The molecule has 0 radical (unpaired) electrons. The molecular formula is C20H25N3O6S. The van der Waals surface area contributed by atoms with E-state index < -0.39 is 10.0 Å². The second-order valence-corrected chi connectivity index (χ2v) is 7.95. The van der Waals surface area contributed by atoms with Gasteiger partial charge in [-0.25, -0.2) is 13.1 Å². The molecule has 0 aromatic heterocycles. The second-order valence-electron chi connectivity index (χ2n) is 6.18. The first-order valence-corrected chi connectivity index (χ1v) is 10.7. The molecule has 162 valence electrons. The van der Waals surface area contributed by atoms with Crippen molar-refractivity contribution in [1.82, 2.24) is 10.0 Å². The van der Waals surface area contributed by atoms with E-state index in [0.29, 0.717) is 22.7 Å². The topological polar surface area (TPSA) is 123 Å². The van der Waals surface area contributed by atoms with Crippen LogP contribution in [0.1, 0.15) is 23.7 Å². The molecule has 0 saturated carbocycles. The molecule has 0 aliphatic rings. The first-order chi connectivity index (χ1) is 14.3. The van der Waals surface area contributed by atoms with Gasteiger partial charge in [-0.3, -0.25) is 9.59 Å². The number of rotatable bonds is 10. The molecule has 2 aromatic rings. The van der Waals surface area contributed by atoms with Gasteiger partial charge in [0.1, 0.15) is 11.5 Å². The first kappa shape index (κ1) is 23.2. The lowest BCUT2D eigenvalue weighted by atomic mass is 10.2. The fourth-order valence-corrected chi connectivity index (χ4v) is 3.59. The van der Waals surface area contributed by atoms with E-state index in [9.17, 15) is 18.0 Å². The van der Waals surface area contributed by atoms with E-state index >= 15 is 0 Å². The molecule has 0 atom stereocenters. The van der Waals surface area contributed by atoms with Crippen molar-refractivity contribution in [3.05, 3.63) is 48.0 Å². The number of anilines is 1. The molecule has 0 bridgehead atoms. The van der Waals surface area contributed by atoms with Gasteiger partial charge in [0, 0.05) is 36.8 Å². The number of carbonyl (C=O) groups excluding carboxylic acids is 2. The summed E-state index contributed by atoms with van der Waals surface area (Å²) in [5.74, 6) is 0.285. The number of amides is 2. The number of benzene rings is 2. The standard InChI is InChI=1S/C20H25N3O6S/c1-4-22-30(26,27)18-7-5-15(6-8-18)23-19(24)9-10-21-20(25)14-11-16(28-2)13-17(12-14)29-3/h5-8,11-13,22H,4,9-10H2,1-3H3,(H,21,25)(H,23,24). The quantitative estimate of drug-likeness (QED) is 0.523. The minimum atomic E-state index is -3.54. The maximum Gasteiger partial charge on any atom is 0.251 e. The van der Waals surface area contributed by atoms with Crippen LogP contribution >= 0.6 is 0 Å². The van der Waals surface area contributed by atoms with Gasteiger partial charge in [0.25, 0.3) is 5.91 Å². The van der Waals surface area contributed by atoms with Crippen molar-refractivity contribution < 1.29 is 27.5 Å². The SMILES string of the molecule is CCNS(=O)(=O)c1ccc(NC(=O)CCNC(=O)c2cc(OC)cc(OC)c2)cc1. The van der Waals surface area contributed by atoms with Crippen LogP contribution in [-0.4, -0.2) is 47.5 Å². The zero-order chi connectivity index (χ0) is 22.1. The van der Waals surface area contributed by atoms with Crippen LogP contribution in [0.3, 0.4) is 0 Å². The molecule has 3 N–H and O–H groups in total. The molecule has 2 aromatic carbocycles. The Morgan fingerprint density at radius 2 is 1.57 bits per heavy atom. The summed E-state index contributed by atoms with van der Waals surface area (Å²) in [6, 6.07) is 10.6. The molecular weight excluding hydrogens is 410 g/mol. The maximum atomic E-state index is 12.3. The monoisotopic (exact) mass is 435 g/mol. The van der Waals surface area contributed by atoms with Gasteiger partial charge in [-0.2, -0.15) is 0 Å². The summed E-state index contributed by atoms with van der Waals surface area (Å²) in [6.45, 7) is 2.10. The van der Waals surface area contributed by atoms with Crippen molar-refractivity contribution in [3.8, 4) is 11.5 Å².